The maximum atomic E-state index is 13.7. The van der Waals surface area contributed by atoms with Crippen molar-refractivity contribution in [1.29, 1.82) is 0 Å². The first kappa shape index (κ1) is 12.1. The molecule has 0 saturated heterocycles. The summed E-state index contributed by atoms with van der Waals surface area (Å²) >= 11 is 11.9. The van der Waals surface area contributed by atoms with Gasteiger partial charge in [0, 0.05) is 27.2 Å². The molecule has 2 N–H and O–H groups in total. The van der Waals surface area contributed by atoms with E-state index in [0.29, 0.717) is 11.6 Å². The standard InChI is InChI=1S/C12H7Cl2F2N/c13-7-2-1-3-8(14)12(7)6-4-11(17)10(16)5-9(6)15/h1-5H,17H2. The van der Waals surface area contributed by atoms with Crippen molar-refractivity contribution in [1.82, 2.24) is 0 Å². The molecule has 0 bridgehead atoms. The van der Waals surface area contributed by atoms with Crippen LogP contribution in [0.5, 0.6) is 0 Å². The molecule has 88 valence electrons. The van der Waals surface area contributed by atoms with Crippen LogP contribution in [-0.4, -0.2) is 0 Å². The molecule has 0 aliphatic heterocycles. The summed E-state index contributed by atoms with van der Waals surface area (Å²) in [5.41, 5.74) is 5.63. The van der Waals surface area contributed by atoms with Gasteiger partial charge in [-0.05, 0) is 18.2 Å². The first-order chi connectivity index (χ1) is 8.00. The Morgan fingerprint density at radius 3 is 2.12 bits per heavy atom. The molecule has 5 heteroatoms. The van der Waals surface area contributed by atoms with Crippen LogP contribution in [0.2, 0.25) is 10.0 Å². The summed E-state index contributed by atoms with van der Waals surface area (Å²) in [5.74, 6) is -1.57. The third kappa shape index (κ3) is 2.21. The molecule has 0 heterocycles. The fraction of sp³-hybridized carbons (Fsp3) is 0. The molecule has 0 radical (unpaired) electrons. The van der Waals surface area contributed by atoms with Gasteiger partial charge in [0.05, 0.1) is 5.69 Å². The lowest BCUT2D eigenvalue weighted by Crippen LogP contribution is -1.95. The Morgan fingerprint density at radius 2 is 1.53 bits per heavy atom. The van der Waals surface area contributed by atoms with E-state index in [0.717, 1.165) is 0 Å². The minimum absolute atomic E-state index is 0.0829. The van der Waals surface area contributed by atoms with E-state index >= 15 is 0 Å². The summed E-state index contributed by atoms with van der Waals surface area (Å²) in [6, 6.07) is 6.67. The van der Waals surface area contributed by atoms with E-state index in [1.807, 2.05) is 0 Å². The van der Waals surface area contributed by atoms with Gasteiger partial charge in [-0.2, -0.15) is 0 Å². The van der Waals surface area contributed by atoms with Crippen LogP contribution in [0.25, 0.3) is 11.1 Å². The quantitative estimate of drug-likeness (QED) is 0.760. The molecule has 2 rings (SSSR count). The lowest BCUT2D eigenvalue weighted by Gasteiger charge is -2.09. The van der Waals surface area contributed by atoms with E-state index in [2.05, 4.69) is 0 Å². The fourth-order valence-electron chi connectivity index (χ4n) is 1.51. The van der Waals surface area contributed by atoms with Gasteiger partial charge in [-0.1, -0.05) is 29.3 Å². The molecule has 0 atom stereocenters. The first-order valence-electron chi connectivity index (χ1n) is 4.69. The number of hydrogen-bond donors (Lipinski definition) is 1. The number of nitrogens with two attached hydrogens (primary N) is 1. The maximum Gasteiger partial charge on any atom is 0.149 e. The number of nitrogen functional groups attached to an aromatic ring is 1. The molecule has 0 unspecified atom stereocenters. The zero-order valence-electron chi connectivity index (χ0n) is 8.48. The van der Waals surface area contributed by atoms with Crippen molar-refractivity contribution in [2.45, 2.75) is 0 Å². The van der Waals surface area contributed by atoms with Gasteiger partial charge in [-0.3, -0.25) is 0 Å². The summed E-state index contributed by atoms with van der Waals surface area (Å²) in [5, 5.41) is 0.560. The Hall–Kier alpha value is -1.32. The van der Waals surface area contributed by atoms with Crippen molar-refractivity contribution in [3.63, 3.8) is 0 Å². The molecule has 0 fully saturated rings. The molecule has 2 aromatic rings. The monoisotopic (exact) mass is 273 g/mol. The van der Waals surface area contributed by atoms with Gasteiger partial charge in [-0.25, -0.2) is 8.78 Å². The Balaban J connectivity index is 2.73. The third-order valence-corrected chi connectivity index (χ3v) is 2.95. The summed E-state index contributed by atoms with van der Waals surface area (Å²) in [4.78, 5) is 0. The van der Waals surface area contributed by atoms with Crippen molar-refractivity contribution >= 4 is 28.9 Å². The zero-order chi connectivity index (χ0) is 12.6. The first-order valence-corrected chi connectivity index (χ1v) is 5.45. The van der Waals surface area contributed by atoms with Gasteiger partial charge in [0.2, 0.25) is 0 Å². The average molecular weight is 274 g/mol. The predicted molar refractivity (Wildman–Crippen MR) is 66.2 cm³/mol. The molecule has 0 amide bonds. The van der Waals surface area contributed by atoms with Crippen LogP contribution in [0, 0.1) is 11.6 Å². The van der Waals surface area contributed by atoms with Crippen LogP contribution < -0.4 is 5.73 Å². The number of benzene rings is 2. The minimum atomic E-state index is -0.811. The smallest absolute Gasteiger partial charge is 0.149 e. The number of halogens is 4. The minimum Gasteiger partial charge on any atom is -0.396 e. The Labute approximate surface area is 107 Å². The molecule has 0 spiro atoms. The molecule has 17 heavy (non-hydrogen) atoms. The van der Waals surface area contributed by atoms with Gasteiger partial charge in [0.15, 0.2) is 0 Å². The highest BCUT2D eigenvalue weighted by Crippen LogP contribution is 2.37. The van der Waals surface area contributed by atoms with Gasteiger partial charge in [-0.15, -0.1) is 0 Å². The van der Waals surface area contributed by atoms with Crippen LogP contribution in [-0.2, 0) is 0 Å². The van der Waals surface area contributed by atoms with E-state index < -0.39 is 11.6 Å². The van der Waals surface area contributed by atoms with Crippen LogP contribution in [0.3, 0.4) is 0 Å². The van der Waals surface area contributed by atoms with E-state index in [1.54, 1.807) is 18.2 Å². The second kappa shape index (κ2) is 4.51. The highest BCUT2D eigenvalue weighted by Gasteiger charge is 2.15. The van der Waals surface area contributed by atoms with Crippen LogP contribution >= 0.6 is 23.2 Å². The molecule has 1 nitrogen and oxygen atoms in total. The third-order valence-electron chi connectivity index (χ3n) is 2.32. The second-order valence-electron chi connectivity index (χ2n) is 3.45. The second-order valence-corrected chi connectivity index (χ2v) is 4.26. The van der Waals surface area contributed by atoms with Crippen molar-refractivity contribution in [2.75, 3.05) is 5.73 Å². The summed E-state index contributed by atoms with van der Waals surface area (Å²) < 4.78 is 26.7. The molecule has 0 saturated carbocycles. The summed E-state index contributed by atoms with van der Waals surface area (Å²) in [6.45, 7) is 0. The van der Waals surface area contributed by atoms with Gasteiger partial charge in [0.1, 0.15) is 11.6 Å². The Morgan fingerprint density at radius 1 is 0.941 bits per heavy atom. The molecular weight excluding hydrogens is 267 g/mol. The number of anilines is 1. The van der Waals surface area contributed by atoms with E-state index in [9.17, 15) is 8.78 Å². The van der Waals surface area contributed by atoms with Crippen molar-refractivity contribution in [2.24, 2.45) is 0 Å². The van der Waals surface area contributed by atoms with Crippen molar-refractivity contribution in [3.8, 4) is 11.1 Å². The number of rotatable bonds is 1. The average Bonchev–Trinajstić information content (AvgIpc) is 2.25. The topological polar surface area (TPSA) is 26.0 Å². The van der Waals surface area contributed by atoms with Crippen molar-refractivity contribution < 1.29 is 8.78 Å². The van der Waals surface area contributed by atoms with Gasteiger partial charge in [0.25, 0.3) is 0 Å². The molecular formula is C12H7Cl2F2N. The van der Waals surface area contributed by atoms with E-state index in [1.165, 1.54) is 6.07 Å². The summed E-state index contributed by atoms with van der Waals surface area (Å²) in [7, 11) is 0. The summed E-state index contributed by atoms with van der Waals surface area (Å²) in [6.07, 6.45) is 0. The Bertz CT molecular complexity index is 565. The van der Waals surface area contributed by atoms with Crippen LogP contribution in [0.15, 0.2) is 30.3 Å². The van der Waals surface area contributed by atoms with Crippen molar-refractivity contribution in [3.05, 3.63) is 52.0 Å². The van der Waals surface area contributed by atoms with Gasteiger partial charge >= 0.3 is 0 Å². The van der Waals surface area contributed by atoms with E-state index in [-0.39, 0.29) is 21.3 Å². The highest BCUT2D eigenvalue weighted by atomic mass is 35.5. The normalized spacial score (nSPS) is 10.6. The number of hydrogen-bond acceptors (Lipinski definition) is 1. The van der Waals surface area contributed by atoms with Crippen LogP contribution in [0.1, 0.15) is 0 Å². The fourth-order valence-corrected chi connectivity index (χ4v) is 2.11. The largest absolute Gasteiger partial charge is 0.396 e. The lowest BCUT2D eigenvalue weighted by atomic mass is 10.0. The highest BCUT2D eigenvalue weighted by molar-refractivity contribution is 6.39. The molecule has 2 aromatic carbocycles. The lowest BCUT2D eigenvalue weighted by molar-refractivity contribution is 0.588. The van der Waals surface area contributed by atoms with Crippen LogP contribution in [0.4, 0.5) is 14.5 Å². The van der Waals surface area contributed by atoms with Gasteiger partial charge < -0.3 is 5.73 Å². The molecule has 0 aromatic heterocycles. The zero-order valence-corrected chi connectivity index (χ0v) is 9.99. The SMILES string of the molecule is Nc1cc(-c2c(Cl)cccc2Cl)c(F)cc1F. The molecule has 0 aliphatic carbocycles. The Kier molecular flexibility index (Phi) is 3.22. The predicted octanol–water partition coefficient (Wildman–Crippen LogP) is 4.52. The molecule has 0 aliphatic rings. The maximum absolute atomic E-state index is 13.7. The van der Waals surface area contributed by atoms with E-state index in [4.69, 9.17) is 28.9 Å².